The molecule has 0 aliphatic rings. The SMILES string of the molecule is Cc1ccccc1-c1c(O)[nH][nH]c1=O. The number of hydrogen-bond donors (Lipinski definition) is 3. The molecular weight excluding hydrogens is 180 g/mol. The first-order valence-electron chi connectivity index (χ1n) is 4.26. The second kappa shape index (κ2) is 3.06. The summed E-state index contributed by atoms with van der Waals surface area (Å²) in [7, 11) is 0. The molecule has 0 aliphatic carbocycles. The van der Waals surface area contributed by atoms with Gasteiger partial charge in [-0.25, -0.2) is 0 Å². The molecule has 0 unspecified atom stereocenters. The van der Waals surface area contributed by atoms with Gasteiger partial charge in [0.2, 0.25) is 5.88 Å². The third-order valence-electron chi connectivity index (χ3n) is 2.17. The molecule has 1 aromatic heterocycles. The molecule has 0 atom stereocenters. The van der Waals surface area contributed by atoms with Crippen LogP contribution in [0.25, 0.3) is 11.1 Å². The zero-order valence-electron chi connectivity index (χ0n) is 7.66. The van der Waals surface area contributed by atoms with Crippen LogP contribution in [0.3, 0.4) is 0 Å². The Balaban J connectivity index is 2.72. The first-order chi connectivity index (χ1) is 6.70. The summed E-state index contributed by atoms with van der Waals surface area (Å²) in [6, 6.07) is 7.40. The van der Waals surface area contributed by atoms with Crippen LogP contribution in [0.2, 0.25) is 0 Å². The van der Waals surface area contributed by atoms with E-state index in [0.717, 1.165) is 11.1 Å². The highest BCUT2D eigenvalue weighted by atomic mass is 16.3. The van der Waals surface area contributed by atoms with Crippen molar-refractivity contribution < 1.29 is 5.11 Å². The number of hydrogen-bond acceptors (Lipinski definition) is 2. The first kappa shape index (κ1) is 8.62. The van der Waals surface area contributed by atoms with Crippen molar-refractivity contribution >= 4 is 0 Å². The summed E-state index contributed by atoms with van der Waals surface area (Å²) in [4.78, 5) is 11.3. The Morgan fingerprint density at radius 3 is 2.50 bits per heavy atom. The highest BCUT2D eigenvalue weighted by Crippen LogP contribution is 2.25. The van der Waals surface area contributed by atoms with Gasteiger partial charge >= 0.3 is 0 Å². The van der Waals surface area contributed by atoms with Crippen molar-refractivity contribution in [2.45, 2.75) is 6.92 Å². The van der Waals surface area contributed by atoms with E-state index in [4.69, 9.17) is 0 Å². The Morgan fingerprint density at radius 2 is 1.93 bits per heavy atom. The zero-order valence-corrected chi connectivity index (χ0v) is 7.66. The summed E-state index contributed by atoms with van der Waals surface area (Å²) in [5.41, 5.74) is 1.68. The minimum Gasteiger partial charge on any atom is -0.493 e. The summed E-state index contributed by atoms with van der Waals surface area (Å²) in [5, 5.41) is 14.1. The quantitative estimate of drug-likeness (QED) is 0.635. The molecule has 0 spiro atoms. The van der Waals surface area contributed by atoms with Gasteiger partial charge in [0, 0.05) is 0 Å². The normalized spacial score (nSPS) is 10.4. The summed E-state index contributed by atoms with van der Waals surface area (Å²) in [5.74, 6) is -0.121. The van der Waals surface area contributed by atoms with Gasteiger partial charge in [0.05, 0.1) is 0 Å². The third kappa shape index (κ3) is 1.21. The molecule has 1 heterocycles. The lowest BCUT2D eigenvalue weighted by molar-refractivity contribution is 0.454. The summed E-state index contributed by atoms with van der Waals surface area (Å²) < 4.78 is 0. The molecule has 1 aromatic carbocycles. The molecule has 3 N–H and O–H groups in total. The second-order valence-electron chi connectivity index (χ2n) is 3.12. The third-order valence-corrected chi connectivity index (χ3v) is 2.17. The Morgan fingerprint density at radius 1 is 1.21 bits per heavy atom. The van der Waals surface area contributed by atoms with Crippen molar-refractivity contribution in [3.8, 4) is 17.0 Å². The zero-order chi connectivity index (χ0) is 10.1. The molecule has 2 aromatic rings. The first-order valence-corrected chi connectivity index (χ1v) is 4.26. The molecule has 0 amide bonds. The van der Waals surface area contributed by atoms with Crippen LogP contribution < -0.4 is 5.56 Å². The topological polar surface area (TPSA) is 68.9 Å². The van der Waals surface area contributed by atoms with E-state index in [1.54, 1.807) is 6.07 Å². The second-order valence-corrected chi connectivity index (χ2v) is 3.12. The highest BCUT2D eigenvalue weighted by molar-refractivity contribution is 5.70. The Kier molecular flexibility index (Phi) is 1.89. The van der Waals surface area contributed by atoms with Crippen LogP contribution >= 0.6 is 0 Å². The minimum atomic E-state index is -0.309. The number of aromatic nitrogens is 2. The fraction of sp³-hybridized carbons (Fsp3) is 0.100. The standard InChI is InChI=1S/C10H10N2O2/c1-6-4-2-3-5-7(6)8-9(13)11-12-10(8)14/h2-5H,1H3,(H3,11,12,13,14). The van der Waals surface area contributed by atoms with Crippen molar-refractivity contribution in [3.05, 3.63) is 40.2 Å². The molecule has 2 rings (SSSR count). The fourth-order valence-corrected chi connectivity index (χ4v) is 1.45. The number of aromatic amines is 2. The van der Waals surface area contributed by atoms with E-state index < -0.39 is 0 Å². The molecule has 72 valence electrons. The lowest BCUT2D eigenvalue weighted by Gasteiger charge is -2.01. The van der Waals surface area contributed by atoms with Gasteiger partial charge in [0.1, 0.15) is 5.56 Å². The van der Waals surface area contributed by atoms with Gasteiger partial charge < -0.3 is 5.11 Å². The molecule has 0 bridgehead atoms. The molecule has 0 saturated carbocycles. The van der Waals surface area contributed by atoms with E-state index in [1.165, 1.54) is 0 Å². The van der Waals surface area contributed by atoms with Crippen LogP contribution in [0, 0.1) is 6.92 Å². The minimum absolute atomic E-state index is 0.121. The molecule has 0 saturated heterocycles. The Labute approximate surface area is 80.2 Å². The Bertz CT molecular complexity index is 511. The maximum Gasteiger partial charge on any atom is 0.275 e. The average molecular weight is 190 g/mol. The van der Waals surface area contributed by atoms with E-state index in [-0.39, 0.29) is 11.4 Å². The predicted octanol–water partition coefficient (Wildman–Crippen LogP) is 1.38. The van der Waals surface area contributed by atoms with E-state index in [1.807, 2.05) is 25.1 Å². The molecule has 4 heteroatoms. The lowest BCUT2D eigenvalue weighted by atomic mass is 10.0. The number of benzene rings is 1. The number of aryl methyl sites for hydroxylation is 1. The van der Waals surface area contributed by atoms with Crippen LogP contribution in [0.5, 0.6) is 5.88 Å². The van der Waals surface area contributed by atoms with Gasteiger partial charge in [0.25, 0.3) is 5.56 Å². The van der Waals surface area contributed by atoms with Gasteiger partial charge in [0.15, 0.2) is 0 Å². The largest absolute Gasteiger partial charge is 0.493 e. The maximum absolute atomic E-state index is 11.3. The van der Waals surface area contributed by atoms with Crippen molar-refractivity contribution in [2.24, 2.45) is 0 Å². The average Bonchev–Trinajstić information content (AvgIpc) is 2.48. The van der Waals surface area contributed by atoms with Crippen LogP contribution in [0.1, 0.15) is 5.56 Å². The van der Waals surface area contributed by atoms with Gasteiger partial charge in [-0.2, -0.15) is 0 Å². The van der Waals surface area contributed by atoms with Crippen LogP contribution in [-0.4, -0.2) is 15.3 Å². The lowest BCUT2D eigenvalue weighted by Crippen LogP contribution is -2.02. The predicted molar refractivity (Wildman–Crippen MR) is 53.3 cm³/mol. The summed E-state index contributed by atoms with van der Waals surface area (Å²) >= 11 is 0. The van der Waals surface area contributed by atoms with Gasteiger partial charge in [-0.1, -0.05) is 24.3 Å². The van der Waals surface area contributed by atoms with Gasteiger partial charge in [-0.05, 0) is 18.1 Å². The maximum atomic E-state index is 11.3. The molecule has 14 heavy (non-hydrogen) atoms. The molecule has 4 nitrogen and oxygen atoms in total. The van der Waals surface area contributed by atoms with Crippen LogP contribution in [0.4, 0.5) is 0 Å². The number of rotatable bonds is 1. The van der Waals surface area contributed by atoms with Crippen molar-refractivity contribution in [1.82, 2.24) is 10.2 Å². The van der Waals surface area contributed by atoms with Crippen molar-refractivity contribution in [3.63, 3.8) is 0 Å². The van der Waals surface area contributed by atoms with E-state index in [0.29, 0.717) is 5.56 Å². The van der Waals surface area contributed by atoms with Crippen LogP contribution in [0.15, 0.2) is 29.1 Å². The van der Waals surface area contributed by atoms with E-state index in [2.05, 4.69) is 10.2 Å². The Hall–Kier alpha value is -1.97. The van der Waals surface area contributed by atoms with E-state index in [9.17, 15) is 9.90 Å². The van der Waals surface area contributed by atoms with Crippen molar-refractivity contribution in [1.29, 1.82) is 0 Å². The number of H-pyrrole nitrogens is 2. The molecule has 0 fully saturated rings. The van der Waals surface area contributed by atoms with Gasteiger partial charge in [-0.15, -0.1) is 0 Å². The van der Waals surface area contributed by atoms with E-state index >= 15 is 0 Å². The van der Waals surface area contributed by atoms with Crippen molar-refractivity contribution in [2.75, 3.05) is 0 Å². The number of aromatic hydroxyl groups is 1. The van der Waals surface area contributed by atoms with Gasteiger partial charge in [-0.3, -0.25) is 15.0 Å². The highest BCUT2D eigenvalue weighted by Gasteiger charge is 2.12. The molecule has 0 radical (unpaired) electrons. The fourth-order valence-electron chi connectivity index (χ4n) is 1.45. The molecular formula is C10H10N2O2. The number of nitrogens with one attached hydrogen (secondary N) is 2. The smallest absolute Gasteiger partial charge is 0.275 e. The summed E-state index contributed by atoms with van der Waals surface area (Å²) in [6.07, 6.45) is 0. The monoisotopic (exact) mass is 190 g/mol. The summed E-state index contributed by atoms with van der Waals surface area (Å²) in [6.45, 7) is 1.89. The molecule has 0 aliphatic heterocycles. The van der Waals surface area contributed by atoms with Crippen LogP contribution in [-0.2, 0) is 0 Å².